The van der Waals surface area contributed by atoms with Gasteiger partial charge in [-0.2, -0.15) is 0 Å². The Balaban J connectivity index is 1.80. The number of amides is 2. The number of imide groups is 1. The minimum Gasteiger partial charge on any atom is -0.508 e. The van der Waals surface area contributed by atoms with Crippen molar-refractivity contribution >= 4 is 22.9 Å². The molecule has 1 atom stereocenters. The summed E-state index contributed by atoms with van der Waals surface area (Å²) in [4.78, 5) is 25.8. The third-order valence-corrected chi connectivity index (χ3v) is 4.44. The average molecular weight is 299 g/mol. The Morgan fingerprint density at radius 1 is 1.00 bits per heavy atom. The van der Waals surface area contributed by atoms with E-state index < -0.39 is 5.25 Å². The monoisotopic (exact) mass is 299 g/mol. The summed E-state index contributed by atoms with van der Waals surface area (Å²) in [5.74, 6) is -0.0683. The van der Waals surface area contributed by atoms with Crippen LogP contribution in [0.1, 0.15) is 16.4 Å². The second kappa shape index (κ2) is 5.61. The summed E-state index contributed by atoms with van der Waals surface area (Å²) in [6.45, 7) is 0.292. The molecule has 3 rings (SSSR count). The fourth-order valence-corrected chi connectivity index (χ4v) is 3.22. The first kappa shape index (κ1) is 13.7. The van der Waals surface area contributed by atoms with Gasteiger partial charge in [0.25, 0.3) is 5.24 Å². The molecule has 0 aliphatic carbocycles. The first-order valence-corrected chi connectivity index (χ1v) is 7.38. The zero-order valence-corrected chi connectivity index (χ0v) is 11.9. The maximum atomic E-state index is 12.4. The van der Waals surface area contributed by atoms with E-state index in [1.165, 1.54) is 17.0 Å². The van der Waals surface area contributed by atoms with Gasteiger partial charge in [0.1, 0.15) is 11.0 Å². The molecular formula is C16H13NO3S. The zero-order valence-electron chi connectivity index (χ0n) is 11.1. The zero-order chi connectivity index (χ0) is 14.8. The van der Waals surface area contributed by atoms with Crippen molar-refractivity contribution in [3.8, 4) is 5.75 Å². The number of aromatic hydroxyl groups is 1. The lowest BCUT2D eigenvalue weighted by atomic mass is 10.1. The van der Waals surface area contributed by atoms with Gasteiger partial charge in [-0.1, -0.05) is 42.5 Å². The topological polar surface area (TPSA) is 57.6 Å². The molecule has 2 aromatic rings. The Bertz CT molecular complexity index is 670. The summed E-state index contributed by atoms with van der Waals surface area (Å²) in [5.41, 5.74) is 1.65. The smallest absolute Gasteiger partial charge is 0.289 e. The molecule has 1 aliphatic heterocycles. The molecule has 1 N–H and O–H groups in total. The number of phenols is 1. The maximum Gasteiger partial charge on any atom is 0.289 e. The van der Waals surface area contributed by atoms with Gasteiger partial charge in [-0.25, -0.2) is 0 Å². The number of hydrogen-bond donors (Lipinski definition) is 1. The minimum absolute atomic E-state index is 0.140. The Morgan fingerprint density at radius 2 is 1.67 bits per heavy atom. The number of carbonyl (C=O) groups excluding carboxylic acids is 2. The summed E-state index contributed by atoms with van der Waals surface area (Å²) in [6.07, 6.45) is 0. The largest absolute Gasteiger partial charge is 0.508 e. The average Bonchev–Trinajstić information content (AvgIpc) is 2.77. The molecule has 2 aromatic carbocycles. The molecule has 0 aromatic heterocycles. The fourth-order valence-electron chi connectivity index (χ4n) is 2.21. The van der Waals surface area contributed by atoms with E-state index in [9.17, 15) is 14.7 Å². The highest BCUT2D eigenvalue weighted by Crippen LogP contribution is 2.40. The molecule has 106 valence electrons. The molecule has 5 heteroatoms. The molecule has 21 heavy (non-hydrogen) atoms. The second-order valence-corrected chi connectivity index (χ2v) is 5.82. The van der Waals surface area contributed by atoms with E-state index in [0.29, 0.717) is 6.54 Å². The van der Waals surface area contributed by atoms with Crippen LogP contribution in [0.5, 0.6) is 5.75 Å². The number of phenolic OH excluding ortho intramolecular Hbond substituents is 1. The van der Waals surface area contributed by atoms with E-state index in [2.05, 4.69) is 0 Å². The fraction of sp³-hybridized carbons (Fsp3) is 0.125. The molecule has 0 radical (unpaired) electrons. The van der Waals surface area contributed by atoms with E-state index >= 15 is 0 Å². The van der Waals surface area contributed by atoms with Gasteiger partial charge in [-0.3, -0.25) is 14.5 Å². The van der Waals surface area contributed by atoms with Crippen LogP contribution in [-0.2, 0) is 11.3 Å². The lowest BCUT2D eigenvalue weighted by molar-refractivity contribution is -0.127. The molecule has 0 bridgehead atoms. The first-order valence-electron chi connectivity index (χ1n) is 6.50. The molecule has 1 saturated heterocycles. The second-order valence-electron chi connectivity index (χ2n) is 4.77. The highest BCUT2D eigenvalue weighted by Gasteiger charge is 2.40. The molecule has 1 aliphatic rings. The minimum atomic E-state index is -0.526. The van der Waals surface area contributed by atoms with Gasteiger partial charge in [0.05, 0.1) is 6.54 Å². The van der Waals surface area contributed by atoms with Gasteiger partial charge in [0.15, 0.2) is 0 Å². The number of benzene rings is 2. The number of rotatable bonds is 3. The lowest BCUT2D eigenvalue weighted by Crippen LogP contribution is -2.28. The van der Waals surface area contributed by atoms with E-state index in [1.54, 1.807) is 12.1 Å². The van der Waals surface area contributed by atoms with Crippen LogP contribution in [-0.4, -0.2) is 21.2 Å². The maximum absolute atomic E-state index is 12.4. The number of hydrogen-bond acceptors (Lipinski definition) is 4. The molecule has 1 heterocycles. The molecule has 4 nitrogen and oxygen atoms in total. The van der Waals surface area contributed by atoms with Crippen molar-refractivity contribution < 1.29 is 14.7 Å². The van der Waals surface area contributed by atoms with Crippen LogP contribution >= 0.6 is 11.8 Å². The van der Waals surface area contributed by atoms with Gasteiger partial charge in [0, 0.05) is 0 Å². The van der Waals surface area contributed by atoms with Crippen LogP contribution in [0, 0.1) is 0 Å². The van der Waals surface area contributed by atoms with Crippen LogP contribution in [0.15, 0.2) is 54.6 Å². The van der Waals surface area contributed by atoms with Gasteiger partial charge in [-0.15, -0.1) is 0 Å². The van der Waals surface area contributed by atoms with Gasteiger partial charge < -0.3 is 5.11 Å². The highest BCUT2D eigenvalue weighted by molar-refractivity contribution is 8.14. The van der Waals surface area contributed by atoms with Crippen molar-refractivity contribution in [1.29, 1.82) is 0 Å². The molecule has 1 unspecified atom stereocenters. The van der Waals surface area contributed by atoms with Crippen LogP contribution < -0.4 is 0 Å². The van der Waals surface area contributed by atoms with Crippen LogP contribution in [0.4, 0.5) is 4.79 Å². The predicted octanol–water partition coefficient (Wildman–Crippen LogP) is 3.33. The summed E-state index contributed by atoms with van der Waals surface area (Å²) in [6, 6.07) is 15.8. The molecule has 0 spiro atoms. The third-order valence-electron chi connectivity index (χ3n) is 3.31. The summed E-state index contributed by atoms with van der Waals surface area (Å²) in [5, 5.41) is 8.53. The molecule has 1 fully saturated rings. The van der Waals surface area contributed by atoms with Crippen molar-refractivity contribution in [3.63, 3.8) is 0 Å². The Hall–Kier alpha value is -2.27. The van der Waals surface area contributed by atoms with Crippen LogP contribution in [0.2, 0.25) is 0 Å². The summed E-state index contributed by atoms with van der Waals surface area (Å²) >= 11 is 1.02. The van der Waals surface area contributed by atoms with Gasteiger partial charge >= 0.3 is 0 Å². The summed E-state index contributed by atoms with van der Waals surface area (Å²) in [7, 11) is 0. The van der Waals surface area contributed by atoms with Gasteiger partial charge in [0.2, 0.25) is 5.91 Å². The van der Waals surface area contributed by atoms with Crippen LogP contribution in [0.3, 0.4) is 0 Å². The quantitative estimate of drug-likeness (QED) is 0.944. The number of thioether (sulfide) groups is 1. The number of nitrogens with zero attached hydrogens (tertiary/aromatic N) is 1. The predicted molar refractivity (Wildman–Crippen MR) is 80.8 cm³/mol. The van der Waals surface area contributed by atoms with Crippen molar-refractivity contribution in [2.24, 2.45) is 0 Å². The number of carbonyl (C=O) groups is 2. The Labute approximate surface area is 126 Å². The van der Waals surface area contributed by atoms with Crippen molar-refractivity contribution in [2.45, 2.75) is 11.8 Å². The SMILES string of the molecule is O=C1SC(c2ccc(O)cc2)C(=O)N1Cc1ccccc1. The van der Waals surface area contributed by atoms with Crippen molar-refractivity contribution in [2.75, 3.05) is 0 Å². The third kappa shape index (κ3) is 2.78. The lowest BCUT2D eigenvalue weighted by Gasteiger charge is -2.14. The Morgan fingerprint density at radius 3 is 2.33 bits per heavy atom. The standard InChI is InChI=1S/C16H13NO3S/c18-13-8-6-12(7-9-13)14-15(19)17(16(20)21-14)10-11-4-2-1-3-5-11/h1-9,14,18H,10H2. The Kier molecular flexibility index (Phi) is 3.66. The van der Waals surface area contributed by atoms with E-state index in [-0.39, 0.29) is 16.9 Å². The van der Waals surface area contributed by atoms with Gasteiger partial charge in [-0.05, 0) is 35.0 Å². The van der Waals surface area contributed by atoms with E-state index in [0.717, 1.165) is 22.9 Å². The van der Waals surface area contributed by atoms with Crippen molar-refractivity contribution in [3.05, 3.63) is 65.7 Å². The molecular weight excluding hydrogens is 286 g/mol. The molecule has 2 amide bonds. The summed E-state index contributed by atoms with van der Waals surface area (Å²) < 4.78 is 0. The van der Waals surface area contributed by atoms with Crippen LogP contribution in [0.25, 0.3) is 0 Å². The molecule has 0 saturated carbocycles. The van der Waals surface area contributed by atoms with E-state index in [1.807, 2.05) is 30.3 Å². The van der Waals surface area contributed by atoms with E-state index in [4.69, 9.17) is 0 Å². The first-order chi connectivity index (χ1) is 10.1. The normalized spacial score (nSPS) is 18.3. The van der Waals surface area contributed by atoms with Crippen molar-refractivity contribution in [1.82, 2.24) is 4.90 Å². The highest BCUT2D eigenvalue weighted by atomic mass is 32.2.